The Kier molecular flexibility index (Phi) is 1.36. The third-order valence-corrected chi connectivity index (χ3v) is 2.37. The number of aryl methyl sites for hydroxylation is 1. The van der Waals surface area contributed by atoms with Crippen LogP contribution in [0.1, 0.15) is 5.69 Å². The minimum Gasteiger partial charge on any atom is -0.456 e. The summed E-state index contributed by atoms with van der Waals surface area (Å²) < 4.78 is 5.65. The largest absolute Gasteiger partial charge is 0.456 e. The summed E-state index contributed by atoms with van der Waals surface area (Å²) in [5, 5.41) is 2.10. The van der Waals surface area contributed by atoms with E-state index in [1.54, 1.807) is 12.4 Å². The highest BCUT2D eigenvalue weighted by molar-refractivity contribution is 6.05. The van der Waals surface area contributed by atoms with Crippen LogP contribution in [0.15, 0.2) is 35.1 Å². The van der Waals surface area contributed by atoms with Crippen LogP contribution in [0, 0.1) is 6.92 Å². The molecule has 3 nitrogen and oxygen atoms in total. The van der Waals surface area contributed by atoms with Crippen molar-refractivity contribution in [3.63, 3.8) is 0 Å². The molecule has 3 heterocycles. The minimum absolute atomic E-state index is 0.867. The first-order valence-electron chi connectivity index (χ1n) is 4.44. The average molecular weight is 184 g/mol. The van der Waals surface area contributed by atoms with Gasteiger partial charge >= 0.3 is 0 Å². The lowest BCUT2D eigenvalue weighted by atomic mass is 10.2. The van der Waals surface area contributed by atoms with Crippen LogP contribution in [0.4, 0.5) is 0 Å². The lowest BCUT2D eigenvalue weighted by molar-refractivity contribution is 0.667. The van der Waals surface area contributed by atoms with Gasteiger partial charge in [-0.05, 0) is 19.1 Å². The Morgan fingerprint density at radius 3 is 2.93 bits per heavy atom. The highest BCUT2D eigenvalue weighted by atomic mass is 16.3. The van der Waals surface area contributed by atoms with Crippen LogP contribution in [-0.4, -0.2) is 9.97 Å². The molecule has 3 aromatic rings. The molecule has 0 fully saturated rings. The van der Waals surface area contributed by atoms with Crippen LogP contribution < -0.4 is 0 Å². The molecule has 0 amide bonds. The van der Waals surface area contributed by atoms with Crippen LogP contribution in [0.5, 0.6) is 0 Å². The first-order valence-corrected chi connectivity index (χ1v) is 4.44. The average Bonchev–Trinajstić information content (AvgIpc) is 2.57. The summed E-state index contributed by atoms with van der Waals surface area (Å²) in [6.07, 6.45) is 5.30. The first-order chi connectivity index (χ1) is 6.86. The Morgan fingerprint density at radius 1 is 1.14 bits per heavy atom. The maximum Gasteiger partial charge on any atom is 0.138 e. The molecule has 14 heavy (non-hydrogen) atoms. The van der Waals surface area contributed by atoms with E-state index in [-0.39, 0.29) is 0 Å². The normalized spacial score (nSPS) is 11.2. The van der Waals surface area contributed by atoms with Gasteiger partial charge in [0.05, 0.1) is 5.39 Å². The zero-order valence-electron chi connectivity index (χ0n) is 7.69. The van der Waals surface area contributed by atoms with Crippen molar-refractivity contribution in [2.24, 2.45) is 0 Å². The Labute approximate surface area is 80.4 Å². The molecular formula is C11H8N2O. The summed E-state index contributed by atoms with van der Waals surface area (Å²) in [5.74, 6) is 0. The molecule has 0 saturated carbocycles. The Morgan fingerprint density at radius 2 is 2.00 bits per heavy atom. The van der Waals surface area contributed by atoms with E-state index >= 15 is 0 Å². The number of furan rings is 1. The van der Waals surface area contributed by atoms with Gasteiger partial charge in [0, 0.05) is 29.7 Å². The van der Waals surface area contributed by atoms with Gasteiger partial charge in [0.15, 0.2) is 0 Å². The molecule has 0 atom stereocenters. The lowest BCUT2D eigenvalue weighted by Gasteiger charge is -1.92. The number of rotatable bonds is 0. The fourth-order valence-corrected chi connectivity index (χ4v) is 1.73. The molecule has 0 radical (unpaired) electrons. The summed E-state index contributed by atoms with van der Waals surface area (Å²) in [6.45, 7) is 1.98. The summed E-state index contributed by atoms with van der Waals surface area (Å²) >= 11 is 0. The van der Waals surface area contributed by atoms with E-state index in [1.807, 2.05) is 25.3 Å². The topological polar surface area (TPSA) is 38.9 Å². The lowest BCUT2D eigenvalue weighted by Crippen LogP contribution is -1.79. The molecule has 3 heteroatoms. The molecule has 0 N–H and O–H groups in total. The predicted octanol–water partition coefficient (Wildman–Crippen LogP) is 2.68. The highest BCUT2D eigenvalue weighted by Crippen LogP contribution is 2.28. The first kappa shape index (κ1) is 7.50. The Bertz CT molecular complexity index is 613. The number of nitrogens with zero attached hydrogens (tertiary/aromatic N) is 2. The molecule has 0 spiro atoms. The zero-order valence-corrected chi connectivity index (χ0v) is 7.69. The molecule has 0 saturated heterocycles. The van der Waals surface area contributed by atoms with E-state index in [2.05, 4.69) is 9.97 Å². The van der Waals surface area contributed by atoms with Gasteiger partial charge in [-0.2, -0.15) is 0 Å². The standard InChI is InChI=1S/C11H8N2O/c1-7-11-8-6-12-4-2-9(8)14-10(11)3-5-13-7/h2-6H,1H3. The molecular weight excluding hydrogens is 176 g/mol. The van der Waals surface area contributed by atoms with Gasteiger partial charge in [-0.15, -0.1) is 0 Å². The van der Waals surface area contributed by atoms with Crippen LogP contribution >= 0.6 is 0 Å². The smallest absolute Gasteiger partial charge is 0.138 e. The summed E-state index contributed by atoms with van der Waals surface area (Å²) in [7, 11) is 0. The van der Waals surface area contributed by atoms with Crippen molar-refractivity contribution in [1.82, 2.24) is 9.97 Å². The Balaban J connectivity index is 2.65. The molecule has 0 aromatic carbocycles. The van der Waals surface area contributed by atoms with Gasteiger partial charge in [0.1, 0.15) is 11.2 Å². The second kappa shape index (κ2) is 2.54. The van der Waals surface area contributed by atoms with E-state index in [1.165, 1.54) is 0 Å². The fourth-order valence-electron chi connectivity index (χ4n) is 1.73. The van der Waals surface area contributed by atoms with E-state index in [0.29, 0.717) is 0 Å². The van der Waals surface area contributed by atoms with Crippen LogP contribution in [0.3, 0.4) is 0 Å². The van der Waals surface area contributed by atoms with Crippen LogP contribution in [0.2, 0.25) is 0 Å². The number of fused-ring (bicyclic) bond motifs is 3. The maximum atomic E-state index is 5.65. The van der Waals surface area contributed by atoms with Crippen molar-refractivity contribution in [2.45, 2.75) is 6.92 Å². The Hall–Kier alpha value is -1.90. The molecule has 68 valence electrons. The maximum absolute atomic E-state index is 5.65. The van der Waals surface area contributed by atoms with Crippen molar-refractivity contribution in [1.29, 1.82) is 0 Å². The molecule has 3 aromatic heterocycles. The third-order valence-electron chi connectivity index (χ3n) is 2.37. The minimum atomic E-state index is 0.867. The molecule has 3 rings (SSSR count). The van der Waals surface area contributed by atoms with Crippen molar-refractivity contribution >= 4 is 21.9 Å². The quantitative estimate of drug-likeness (QED) is 0.539. The second-order valence-electron chi connectivity index (χ2n) is 3.24. The van der Waals surface area contributed by atoms with E-state index in [4.69, 9.17) is 4.42 Å². The van der Waals surface area contributed by atoms with Gasteiger partial charge in [0.2, 0.25) is 0 Å². The second-order valence-corrected chi connectivity index (χ2v) is 3.24. The molecule has 0 aliphatic rings. The number of aromatic nitrogens is 2. The fraction of sp³-hybridized carbons (Fsp3) is 0.0909. The molecule has 0 bridgehead atoms. The monoisotopic (exact) mass is 184 g/mol. The van der Waals surface area contributed by atoms with Crippen molar-refractivity contribution in [2.75, 3.05) is 0 Å². The van der Waals surface area contributed by atoms with Gasteiger partial charge in [0.25, 0.3) is 0 Å². The number of hydrogen-bond donors (Lipinski definition) is 0. The molecule has 0 unspecified atom stereocenters. The predicted molar refractivity (Wildman–Crippen MR) is 54.0 cm³/mol. The van der Waals surface area contributed by atoms with Crippen LogP contribution in [-0.2, 0) is 0 Å². The van der Waals surface area contributed by atoms with Gasteiger partial charge in [-0.25, -0.2) is 0 Å². The van der Waals surface area contributed by atoms with Crippen LogP contribution in [0.25, 0.3) is 21.9 Å². The third kappa shape index (κ3) is 0.865. The van der Waals surface area contributed by atoms with Gasteiger partial charge in [-0.3, -0.25) is 9.97 Å². The van der Waals surface area contributed by atoms with Crippen molar-refractivity contribution < 1.29 is 4.42 Å². The molecule has 0 aliphatic heterocycles. The summed E-state index contributed by atoms with van der Waals surface area (Å²) in [5.41, 5.74) is 2.72. The number of pyridine rings is 2. The van der Waals surface area contributed by atoms with E-state index in [9.17, 15) is 0 Å². The van der Waals surface area contributed by atoms with E-state index < -0.39 is 0 Å². The summed E-state index contributed by atoms with van der Waals surface area (Å²) in [4.78, 5) is 8.33. The highest BCUT2D eigenvalue weighted by Gasteiger charge is 2.08. The van der Waals surface area contributed by atoms with E-state index in [0.717, 1.165) is 27.6 Å². The zero-order chi connectivity index (χ0) is 9.54. The number of hydrogen-bond acceptors (Lipinski definition) is 3. The summed E-state index contributed by atoms with van der Waals surface area (Å²) in [6, 6.07) is 3.75. The van der Waals surface area contributed by atoms with Crippen molar-refractivity contribution in [3.8, 4) is 0 Å². The van der Waals surface area contributed by atoms with Gasteiger partial charge < -0.3 is 4.42 Å². The molecule has 0 aliphatic carbocycles. The van der Waals surface area contributed by atoms with Gasteiger partial charge in [-0.1, -0.05) is 0 Å². The van der Waals surface area contributed by atoms with Crippen molar-refractivity contribution in [3.05, 3.63) is 36.4 Å². The SMILES string of the molecule is Cc1nccc2oc3ccncc3c12.